The minimum atomic E-state index is -0.121. The average Bonchev–Trinajstić information content (AvgIpc) is 2.66. The molecule has 5 nitrogen and oxygen atoms in total. The fourth-order valence-corrected chi connectivity index (χ4v) is 3.19. The van der Waals surface area contributed by atoms with Crippen LogP contribution < -0.4 is 10.9 Å². The van der Waals surface area contributed by atoms with E-state index < -0.39 is 0 Å². The van der Waals surface area contributed by atoms with Gasteiger partial charge in [-0.15, -0.1) is 0 Å². The first kappa shape index (κ1) is 19.1. The number of aromatic nitrogens is 1. The lowest BCUT2D eigenvalue weighted by Crippen LogP contribution is -2.37. The number of hydrogen-bond donors (Lipinski definition) is 3. The van der Waals surface area contributed by atoms with Crippen LogP contribution in [0.4, 0.5) is 5.69 Å². The Morgan fingerprint density at radius 3 is 2.70 bits per heavy atom. The molecule has 0 radical (unpaired) electrons. The molecule has 3 N–H and O–H groups in total. The van der Waals surface area contributed by atoms with Crippen molar-refractivity contribution < 1.29 is 5.11 Å². The lowest BCUT2D eigenvalue weighted by atomic mass is 10.1. The lowest BCUT2D eigenvalue weighted by Gasteiger charge is -2.25. The molecule has 3 aromatic rings. The van der Waals surface area contributed by atoms with Crippen molar-refractivity contribution in [3.63, 3.8) is 0 Å². The van der Waals surface area contributed by atoms with Gasteiger partial charge in [-0.05, 0) is 60.8 Å². The van der Waals surface area contributed by atoms with Gasteiger partial charge in [0.15, 0.2) is 5.11 Å². The minimum absolute atomic E-state index is 0.0673. The van der Waals surface area contributed by atoms with E-state index in [9.17, 15) is 9.90 Å². The monoisotopic (exact) mass is 381 g/mol. The summed E-state index contributed by atoms with van der Waals surface area (Å²) in [7, 11) is 0. The SMILES string of the molecule is Cc1ccc2cc(CN(CCCO)C(=S)Nc3ccccc3)c(=O)[nH]c2c1. The fourth-order valence-electron chi connectivity index (χ4n) is 2.92. The molecule has 0 spiro atoms. The third-order valence-corrected chi connectivity index (χ3v) is 4.70. The molecule has 0 bridgehead atoms. The first-order chi connectivity index (χ1) is 13.1. The highest BCUT2D eigenvalue weighted by Gasteiger charge is 2.13. The van der Waals surface area contributed by atoms with Crippen molar-refractivity contribution in [1.29, 1.82) is 0 Å². The summed E-state index contributed by atoms with van der Waals surface area (Å²) < 4.78 is 0. The smallest absolute Gasteiger partial charge is 0.253 e. The number of anilines is 1. The quantitative estimate of drug-likeness (QED) is 0.571. The number of rotatable bonds is 6. The molecule has 0 fully saturated rings. The van der Waals surface area contributed by atoms with Crippen molar-refractivity contribution in [2.24, 2.45) is 0 Å². The summed E-state index contributed by atoms with van der Waals surface area (Å²) in [5.74, 6) is 0. The number of benzene rings is 2. The topological polar surface area (TPSA) is 68.4 Å². The summed E-state index contributed by atoms with van der Waals surface area (Å²) >= 11 is 5.55. The molecular formula is C21H23N3O2S. The number of fused-ring (bicyclic) bond motifs is 1. The molecule has 2 aromatic carbocycles. The Labute approximate surface area is 163 Å². The van der Waals surface area contributed by atoms with Crippen LogP contribution in [0.3, 0.4) is 0 Å². The summed E-state index contributed by atoms with van der Waals surface area (Å²) in [5.41, 5.74) is 3.34. The van der Waals surface area contributed by atoms with Gasteiger partial charge in [-0.25, -0.2) is 0 Å². The Morgan fingerprint density at radius 1 is 1.19 bits per heavy atom. The molecule has 0 saturated heterocycles. The molecule has 6 heteroatoms. The summed E-state index contributed by atoms with van der Waals surface area (Å²) in [6, 6.07) is 17.6. The molecule has 0 aliphatic heterocycles. The summed E-state index contributed by atoms with van der Waals surface area (Å²) in [6.45, 7) is 2.99. The molecule has 0 atom stereocenters. The van der Waals surface area contributed by atoms with E-state index in [0.717, 1.165) is 22.2 Å². The highest BCUT2D eigenvalue weighted by Crippen LogP contribution is 2.15. The van der Waals surface area contributed by atoms with Crippen molar-refractivity contribution in [1.82, 2.24) is 9.88 Å². The van der Waals surface area contributed by atoms with E-state index in [-0.39, 0.29) is 12.2 Å². The van der Waals surface area contributed by atoms with E-state index in [1.54, 1.807) is 0 Å². The second-order valence-corrected chi connectivity index (χ2v) is 6.90. The molecule has 27 heavy (non-hydrogen) atoms. The second kappa shape index (κ2) is 8.79. The van der Waals surface area contributed by atoms with Crippen LogP contribution in [0, 0.1) is 6.92 Å². The van der Waals surface area contributed by atoms with Gasteiger partial charge < -0.3 is 20.3 Å². The zero-order valence-corrected chi connectivity index (χ0v) is 16.1. The van der Waals surface area contributed by atoms with Gasteiger partial charge in [-0.1, -0.05) is 30.3 Å². The number of aliphatic hydroxyl groups excluding tert-OH is 1. The molecule has 0 amide bonds. The first-order valence-corrected chi connectivity index (χ1v) is 9.32. The Kier molecular flexibility index (Phi) is 6.21. The maximum atomic E-state index is 12.5. The zero-order valence-electron chi connectivity index (χ0n) is 15.2. The molecule has 140 valence electrons. The highest BCUT2D eigenvalue weighted by atomic mass is 32.1. The van der Waals surface area contributed by atoms with Gasteiger partial charge in [0, 0.05) is 29.9 Å². The Bertz CT molecular complexity index is 986. The summed E-state index contributed by atoms with van der Waals surface area (Å²) in [5, 5.41) is 13.9. The lowest BCUT2D eigenvalue weighted by molar-refractivity contribution is 0.266. The van der Waals surface area contributed by atoms with Gasteiger partial charge in [0.1, 0.15) is 0 Å². The Morgan fingerprint density at radius 2 is 1.96 bits per heavy atom. The van der Waals surface area contributed by atoms with Crippen molar-refractivity contribution >= 4 is 33.9 Å². The number of aromatic amines is 1. The Hall–Kier alpha value is -2.70. The molecule has 0 aliphatic carbocycles. The second-order valence-electron chi connectivity index (χ2n) is 6.51. The number of nitrogens with zero attached hydrogens (tertiary/aromatic N) is 1. The molecule has 0 saturated carbocycles. The largest absolute Gasteiger partial charge is 0.396 e. The van der Waals surface area contributed by atoms with Crippen LogP contribution in [0.15, 0.2) is 59.4 Å². The molecule has 1 heterocycles. The van der Waals surface area contributed by atoms with Gasteiger partial charge in [0.2, 0.25) is 0 Å². The van der Waals surface area contributed by atoms with Gasteiger partial charge in [-0.3, -0.25) is 4.79 Å². The number of H-pyrrole nitrogens is 1. The molecule has 0 aliphatic rings. The van der Waals surface area contributed by atoms with Crippen molar-refractivity contribution in [3.8, 4) is 0 Å². The van der Waals surface area contributed by atoms with Crippen LogP contribution in [0.5, 0.6) is 0 Å². The third kappa shape index (κ3) is 4.93. The van der Waals surface area contributed by atoms with Crippen LogP contribution in [0.25, 0.3) is 10.9 Å². The predicted molar refractivity (Wildman–Crippen MR) is 114 cm³/mol. The van der Waals surface area contributed by atoms with E-state index in [4.69, 9.17) is 12.2 Å². The predicted octanol–water partition coefficient (Wildman–Crippen LogP) is 3.42. The number of thiocarbonyl (C=S) groups is 1. The van der Waals surface area contributed by atoms with Gasteiger partial charge in [-0.2, -0.15) is 0 Å². The van der Waals surface area contributed by atoms with Crippen molar-refractivity contribution in [3.05, 3.63) is 76.1 Å². The van der Waals surface area contributed by atoms with E-state index in [2.05, 4.69) is 10.3 Å². The van der Waals surface area contributed by atoms with E-state index in [1.165, 1.54) is 0 Å². The summed E-state index contributed by atoms with van der Waals surface area (Å²) in [4.78, 5) is 17.4. The average molecular weight is 382 g/mol. The highest BCUT2D eigenvalue weighted by molar-refractivity contribution is 7.80. The van der Waals surface area contributed by atoms with Crippen LogP contribution in [0.1, 0.15) is 17.5 Å². The number of para-hydroxylation sites is 1. The standard InChI is InChI=1S/C21H23N3O2S/c1-15-8-9-16-13-17(20(26)23-19(16)12-15)14-24(10-5-11-25)21(27)22-18-6-3-2-4-7-18/h2-4,6-9,12-13,25H,5,10-11,14H2,1H3,(H,22,27)(H,23,26). The third-order valence-electron chi connectivity index (χ3n) is 4.34. The number of pyridine rings is 1. The fraction of sp³-hybridized carbons (Fsp3) is 0.238. The first-order valence-electron chi connectivity index (χ1n) is 8.91. The van der Waals surface area contributed by atoms with Crippen molar-refractivity contribution in [2.75, 3.05) is 18.5 Å². The maximum absolute atomic E-state index is 12.5. The molecule has 3 rings (SSSR count). The maximum Gasteiger partial charge on any atom is 0.253 e. The summed E-state index contributed by atoms with van der Waals surface area (Å²) in [6.07, 6.45) is 0.571. The van der Waals surface area contributed by atoms with E-state index in [0.29, 0.717) is 30.2 Å². The van der Waals surface area contributed by atoms with E-state index >= 15 is 0 Å². The Balaban J connectivity index is 1.84. The van der Waals surface area contributed by atoms with Crippen LogP contribution in [-0.2, 0) is 6.54 Å². The number of hydrogen-bond acceptors (Lipinski definition) is 3. The van der Waals surface area contributed by atoms with E-state index in [1.807, 2.05) is 66.4 Å². The number of aryl methyl sites for hydroxylation is 1. The van der Waals surface area contributed by atoms with Gasteiger partial charge in [0.05, 0.1) is 6.54 Å². The van der Waals surface area contributed by atoms with Crippen LogP contribution >= 0.6 is 12.2 Å². The zero-order chi connectivity index (χ0) is 19.2. The molecular weight excluding hydrogens is 358 g/mol. The van der Waals surface area contributed by atoms with Crippen LogP contribution in [-0.4, -0.2) is 33.3 Å². The number of nitrogens with one attached hydrogen (secondary N) is 2. The molecule has 0 unspecified atom stereocenters. The normalized spacial score (nSPS) is 10.7. The minimum Gasteiger partial charge on any atom is -0.396 e. The van der Waals surface area contributed by atoms with Gasteiger partial charge >= 0.3 is 0 Å². The van der Waals surface area contributed by atoms with Gasteiger partial charge in [0.25, 0.3) is 5.56 Å². The molecule has 1 aromatic heterocycles. The van der Waals surface area contributed by atoms with Crippen molar-refractivity contribution in [2.45, 2.75) is 19.9 Å². The van der Waals surface area contributed by atoms with Crippen LogP contribution in [0.2, 0.25) is 0 Å². The number of aliphatic hydroxyl groups is 1.